The van der Waals surface area contributed by atoms with Crippen LogP contribution in [0.15, 0.2) is 52.1 Å². The van der Waals surface area contributed by atoms with E-state index in [1.54, 1.807) is 42.5 Å². The van der Waals surface area contributed by atoms with E-state index >= 15 is 0 Å². The molecule has 0 amide bonds. The van der Waals surface area contributed by atoms with Crippen LogP contribution in [0.25, 0.3) is 33.2 Å². The maximum Gasteiger partial charge on any atom is 0.437 e. The molecule has 0 radical (unpaired) electrons. The van der Waals surface area contributed by atoms with Crippen LogP contribution in [0.3, 0.4) is 0 Å². The first kappa shape index (κ1) is 26.8. The summed E-state index contributed by atoms with van der Waals surface area (Å²) < 4.78 is 44.0. The normalized spacial score (nSPS) is 12.9. The number of hydrogen-bond donors (Lipinski definition) is 2. The molecule has 5 nitrogen and oxygen atoms in total. The molecule has 0 fully saturated rings. The number of nitrogens with one attached hydrogen (secondary N) is 2. The average Bonchev–Trinajstić information content (AvgIpc) is 3.26. The summed E-state index contributed by atoms with van der Waals surface area (Å²) in [7, 11) is 5.78. The van der Waals surface area contributed by atoms with E-state index < -0.39 is 11.9 Å². The maximum atomic E-state index is 14.2. The van der Waals surface area contributed by atoms with Crippen LogP contribution in [-0.2, 0) is 4.84 Å². The number of alkyl halides is 3. The number of halogens is 6. The largest absolute Gasteiger partial charge is 1.00 e. The van der Waals surface area contributed by atoms with Gasteiger partial charge in [-0.15, -0.1) is 0 Å². The van der Waals surface area contributed by atoms with Crippen molar-refractivity contribution < 1.29 is 46.5 Å². The third kappa shape index (κ3) is 5.89. The number of aromatic amines is 2. The van der Waals surface area contributed by atoms with E-state index in [4.69, 9.17) is 16.4 Å². The fourth-order valence-electron chi connectivity index (χ4n) is 3.52. The van der Waals surface area contributed by atoms with Crippen LogP contribution in [0.2, 0.25) is 5.02 Å². The highest BCUT2D eigenvalue weighted by molar-refractivity contribution is 9.10. The lowest BCUT2D eigenvalue weighted by atomic mass is 10.0. The van der Waals surface area contributed by atoms with E-state index in [2.05, 4.69) is 31.1 Å². The van der Waals surface area contributed by atoms with Crippen molar-refractivity contribution in [2.75, 3.05) is 34.3 Å². The summed E-state index contributed by atoms with van der Waals surface area (Å²) in [5.74, 6) is 0. The zero-order chi connectivity index (χ0) is 24.0. The molecule has 0 bridgehead atoms. The zero-order valence-electron chi connectivity index (χ0n) is 18.5. The van der Waals surface area contributed by atoms with Crippen molar-refractivity contribution in [3.8, 4) is 11.4 Å². The minimum Gasteiger partial charge on any atom is -1.00 e. The molecule has 0 aliphatic carbocycles. The van der Waals surface area contributed by atoms with Crippen LogP contribution in [0.4, 0.5) is 13.2 Å². The van der Waals surface area contributed by atoms with Crippen LogP contribution in [-0.4, -0.2) is 60.6 Å². The van der Waals surface area contributed by atoms with E-state index in [1.807, 2.05) is 21.1 Å². The van der Waals surface area contributed by atoms with Crippen LogP contribution in [0.1, 0.15) is 5.56 Å². The first-order chi connectivity index (χ1) is 15.4. The Labute approximate surface area is 225 Å². The highest BCUT2D eigenvalue weighted by Crippen LogP contribution is 2.37. The van der Waals surface area contributed by atoms with E-state index in [1.165, 1.54) is 0 Å². The fraction of sp³-hybridized carbons (Fsp3) is 0.261. The molecule has 2 aromatic heterocycles. The maximum absolute atomic E-state index is 14.2. The predicted octanol–water partition coefficient (Wildman–Crippen LogP) is 3.73. The van der Waals surface area contributed by atoms with Crippen LogP contribution in [0, 0.1) is 0 Å². The Hall–Kier alpha value is -1.76. The van der Waals surface area contributed by atoms with Gasteiger partial charge in [0.05, 0.1) is 32.5 Å². The van der Waals surface area contributed by atoms with Crippen molar-refractivity contribution in [1.29, 1.82) is 0 Å². The van der Waals surface area contributed by atoms with Crippen molar-refractivity contribution in [3.63, 3.8) is 0 Å². The summed E-state index contributed by atoms with van der Waals surface area (Å²) in [5.41, 5.74) is 0.871. The van der Waals surface area contributed by atoms with Gasteiger partial charge in [-0.3, -0.25) is 0 Å². The summed E-state index contributed by atoms with van der Waals surface area (Å²) in [6.07, 6.45) is -4.73. The van der Waals surface area contributed by atoms with Crippen LogP contribution < -0.4 is 24.0 Å². The van der Waals surface area contributed by atoms with Gasteiger partial charge in [0, 0.05) is 36.9 Å². The SMILES string of the molecule is C[N+](C)(C)CCON=C(c1c(-c2cc3cc(Cl)ccc3[nH]2)[nH]c2cc(Br)ccc12)C(F)(F)F.[I-]. The van der Waals surface area contributed by atoms with Gasteiger partial charge in [0.1, 0.15) is 6.54 Å². The Bertz CT molecular complexity index is 1360. The van der Waals surface area contributed by atoms with Gasteiger partial charge in [-0.1, -0.05) is 38.8 Å². The second kappa shape index (κ2) is 10.1. The summed E-state index contributed by atoms with van der Waals surface area (Å²) in [5, 5.41) is 5.29. The molecule has 11 heteroatoms. The topological polar surface area (TPSA) is 53.2 Å². The number of fused-ring (bicyclic) bond motifs is 2. The summed E-state index contributed by atoms with van der Waals surface area (Å²) in [6.45, 7) is 0.558. The van der Waals surface area contributed by atoms with E-state index in [9.17, 15) is 13.2 Å². The highest BCUT2D eigenvalue weighted by atomic mass is 127. The Morgan fingerprint density at radius 1 is 1.06 bits per heavy atom. The Morgan fingerprint density at radius 2 is 1.79 bits per heavy atom. The average molecular weight is 670 g/mol. The van der Waals surface area contributed by atoms with Crippen LogP contribution in [0.5, 0.6) is 0 Å². The molecular formula is C23H22BrClF3IN4O. The van der Waals surface area contributed by atoms with Gasteiger partial charge in [-0.2, -0.15) is 13.2 Å². The lowest BCUT2D eigenvalue weighted by Gasteiger charge is -2.22. The number of nitrogens with zero attached hydrogens (tertiary/aromatic N) is 2. The first-order valence-corrected chi connectivity index (χ1v) is 11.3. The minimum absolute atomic E-state index is 0. The van der Waals surface area contributed by atoms with Crippen molar-refractivity contribution >= 4 is 55.0 Å². The van der Waals surface area contributed by atoms with Gasteiger partial charge in [-0.25, -0.2) is 0 Å². The zero-order valence-corrected chi connectivity index (χ0v) is 23.0. The third-order valence-corrected chi connectivity index (χ3v) is 5.86. The molecule has 2 heterocycles. The molecule has 34 heavy (non-hydrogen) atoms. The number of oxime groups is 1. The fourth-order valence-corrected chi connectivity index (χ4v) is 4.06. The lowest BCUT2D eigenvalue weighted by molar-refractivity contribution is -0.870. The minimum atomic E-state index is -4.73. The second-order valence-electron chi connectivity index (χ2n) is 8.76. The molecule has 0 saturated carbocycles. The Morgan fingerprint density at radius 3 is 2.47 bits per heavy atom. The molecule has 0 atom stereocenters. The van der Waals surface area contributed by atoms with Crippen molar-refractivity contribution in [2.24, 2.45) is 5.16 Å². The number of rotatable bonds is 6. The molecule has 4 rings (SSSR count). The number of H-pyrrole nitrogens is 2. The Balaban J connectivity index is 0.00000324. The Kier molecular flexibility index (Phi) is 7.96. The molecule has 2 aromatic carbocycles. The standard InChI is InChI=1S/C23H22BrClF3N4O.HI/c1-32(2,3)8-9-33-31-22(23(26,27)28)20-16-6-4-14(24)12-18(16)30-21(20)19-11-13-10-15(25)5-7-17(13)29-19;/h4-7,10-12,29-30H,8-9H2,1-3H3;1H/q+1;/p-1. The van der Waals surface area contributed by atoms with Crippen molar-refractivity contribution in [3.05, 3.63) is 57.5 Å². The number of aromatic nitrogens is 2. The first-order valence-electron chi connectivity index (χ1n) is 10.1. The molecule has 0 unspecified atom stereocenters. The number of hydrogen-bond acceptors (Lipinski definition) is 2. The predicted molar refractivity (Wildman–Crippen MR) is 130 cm³/mol. The van der Waals surface area contributed by atoms with Gasteiger partial charge in [0.2, 0.25) is 0 Å². The monoisotopic (exact) mass is 668 g/mol. The van der Waals surface area contributed by atoms with E-state index in [0.29, 0.717) is 32.6 Å². The van der Waals surface area contributed by atoms with Gasteiger partial charge in [-0.05, 0) is 36.4 Å². The number of benzene rings is 2. The summed E-state index contributed by atoms with van der Waals surface area (Å²) in [6, 6.07) is 12.1. The molecule has 182 valence electrons. The quantitative estimate of drug-likeness (QED) is 0.106. The van der Waals surface area contributed by atoms with Gasteiger partial charge in [0.15, 0.2) is 12.3 Å². The summed E-state index contributed by atoms with van der Waals surface area (Å²) >= 11 is 9.47. The lowest BCUT2D eigenvalue weighted by Crippen LogP contribution is -3.00. The van der Waals surface area contributed by atoms with Crippen molar-refractivity contribution in [1.82, 2.24) is 9.97 Å². The highest BCUT2D eigenvalue weighted by Gasteiger charge is 2.41. The van der Waals surface area contributed by atoms with Crippen molar-refractivity contribution in [2.45, 2.75) is 6.18 Å². The third-order valence-electron chi connectivity index (χ3n) is 5.13. The molecular weight excluding hydrogens is 648 g/mol. The molecule has 4 aromatic rings. The van der Waals surface area contributed by atoms with E-state index in [0.717, 1.165) is 15.4 Å². The molecule has 0 aliphatic heterocycles. The molecule has 2 N–H and O–H groups in total. The second-order valence-corrected chi connectivity index (χ2v) is 10.1. The molecule has 0 spiro atoms. The van der Waals surface area contributed by atoms with E-state index in [-0.39, 0.29) is 41.8 Å². The van der Waals surface area contributed by atoms with Gasteiger partial charge in [0.25, 0.3) is 0 Å². The van der Waals surface area contributed by atoms with Gasteiger partial charge < -0.3 is 43.3 Å². The molecule has 0 saturated heterocycles. The number of likely N-dealkylation sites (N-methyl/N-ethyl adjacent to an activating group) is 1. The smallest absolute Gasteiger partial charge is 0.437 e. The van der Waals surface area contributed by atoms with Gasteiger partial charge >= 0.3 is 6.18 Å². The molecule has 0 aliphatic rings. The number of quaternary nitrogens is 1. The summed E-state index contributed by atoms with van der Waals surface area (Å²) in [4.78, 5) is 11.5. The van der Waals surface area contributed by atoms with Crippen LogP contribution >= 0.6 is 27.5 Å².